The molecule has 17 heavy (non-hydrogen) atoms. The zero-order valence-corrected chi connectivity index (χ0v) is 10.2. The maximum Gasteiger partial charge on any atom is 0.127 e. The monoisotopic (exact) mass is 232 g/mol. The smallest absolute Gasteiger partial charge is 0.127 e. The Labute approximate surface area is 100 Å². The largest absolute Gasteiger partial charge is 0.363 e. The van der Waals surface area contributed by atoms with E-state index in [9.17, 15) is 0 Å². The first-order chi connectivity index (χ1) is 8.08. The third kappa shape index (κ3) is 2.42. The molecule has 0 amide bonds. The van der Waals surface area contributed by atoms with E-state index in [-0.39, 0.29) is 6.04 Å². The summed E-state index contributed by atoms with van der Waals surface area (Å²) in [5.41, 5.74) is 7.76. The summed E-state index contributed by atoms with van der Waals surface area (Å²) in [6.45, 7) is 0. The van der Waals surface area contributed by atoms with Gasteiger partial charge in [-0.15, -0.1) is 5.10 Å². The maximum absolute atomic E-state index is 6.09. The third-order valence-electron chi connectivity index (χ3n) is 2.53. The van der Waals surface area contributed by atoms with Crippen LogP contribution in [0, 0.1) is 0 Å². The molecule has 2 heterocycles. The zero-order valence-electron chi connectivity index (χ0n) is 10.2. The van der Waals surface area contributed by atoms with Crippen LogP contribution in [0.5, 0.6) is 0 Å². The van der Waals surface area contributed by atoms with Crippen LogP contribution in [0.2, 0.25) is 0 Å². The van der Waals surface area contributed by atoms with Gasteiger partial charge in [-0.3, -0.25) is 4.68 Å². The zero-order chi connectivity index (χ0) is 12.4. The quantitative estimate of drug-likeness (QED) is 0.825. The maximum atomic E-state index is 6.09. The van der Waals surface area contributed by atoms with Gasteiger partial charge in [0.05, 0.1) is 12.2 Å². The van der Waals surface area contributed by atoms with Gasteiger partial charge in [-0.2, -0.15) is 0 Å². The fourth-order valence-corrected chi connectivity index (χ4v) is 1.52. The molecule has 6 nitrogen and oxygen atoms in total. The molecule has 0 bridgehead atoms. The molecule has 0 fully saturated rings. The van der Waals surface area contributed by atoms with E-state index >= 15 is 0 Å². The Hall–Kier alpha value is -1.95. The lowest BCUT2D eigenvalue weighted by molar-refractivity contribution is 0.710. The van der Waals surface area contributed by atoms with Gasteiger partial charge in [-0.05, 0) is 11.6 Å². The molecule has 2 N–H and O–H groups in total. The first kappa shape index (κ1) is 11.5. The number of hydrogen-bond acceptors (Lipinski definition) is 5. The van der Waals surface area contributed by atoms with Crippen LogP contribution in [-0.2, 0) is 7.05 Å². The van der Waals surface area contributed by atoms with E-state index in [1.54, 1.807) is 10.9 Å². The molecule has 6 heteroatoms. The molecule has 0 radical (unpaired) electrons. The van der Waals surface area contributed by atoms with Gasteiger partial charge in [0.25, 0.3) is 0 Å². The van der Waals surface area contributed by atoms with Crippen molar-refractivity contribution < 1.29 is 0 Å². The molecule has 2 rings (SSSR count). The van der Waals surface area contributed by atoms with Crippen molar-refractivity contribution >= 4 is 5.82 Å². The summed E-state index contributed by atoms with van der Waals surface area (Å²) in [6, 6.07) is 3.61. The number of anilines is 1. The number of aryl methyl sites for hydroxylation is 1. The summed E-state index contributed by atoms with van der Waals surface area (Å²) in [6.07, 6.45) is 3.58. The number of hydrogen-bond donors (Lipinski definition) is 1. The Bertz CT molecular complexity index is 487. The molecule has 1 unspecified atom stereocenters. The number of aromatic nitrogens is 4. The Balaban J connectivity index is 2.22. The summed E-state index contributed by atoms with van der Waals surface area (Å²) >= 11 is 0. The molecule has 0 aliphatic rings. The van der Waals surface area contributed by atoms with Crippen molar-refractivity contribution in [1.29, 1.82) is 0 Å². The number of pyridine rings is 1. The Morgan fingerprint density at radius 1 is 1.35 bits per heavy atom. The van der Waals surface area contributed by atoms with E-state index in [2.05, 4.69) is 15.3 Å². The van der Waals surface area contributed by atoms with E-state index in [4.69, 9.17) is 5.73 Å². The molecule has 0 saturated carbocycles. The van der Waals surface area contributed by atoms with Crippen LogP contribution in [0.4, 0.5) is 5.82 Å². The van der Waals surface area contributed by atoms with Gasteiger partial charge in [0.1, 0.15) is 11.5 Å². The molecule has 0 spiro atoms. The number of nitrogens with zero attached hydrogens (tertiary/aromatic N) is 5. The summed E-state index contributed by atoms with van der Waals surface area (Å²) in [4.78, 5) is 6.26. The van der Waals surface area contributed by atoms with E-state index in [0.717, 1.165) is 17.1 Å². The predicted molar refractivity (Wildman–Crippen MR) is 65.6 cm³/mol. The Morgan fingerprint density at radius 2 is 2.12 bits per heavy atom. The molecule has 90 valence electrons. The van der Waals surface area contributed by atoms with Gasteiger partial charge in [0.2, 0.25) is 0 Å². The highest BCUT2D eigenvalue weighted by molar-refractivity contribution is 5.38. The number of rotatable bonds is 3. The molecular formula is C11H16N6. The van der Waals surface area contributed by atoms with Crippen molar-refractivity contribution in [3.05, 3.63) is 35.8 Å². The average molecular weight is 232 g/mol. The van der Waals surface area contributed by atoms with Crippen LogP contribution < -0.4 is 10.6 Å². The van der Waals surface area contributed by atoms with Crippen LogP contribution >= 0.6 is 0 Å². The fourth-order valence-electron chi connectivity index (χ4n) is 1.52. The lowest BCUT2D eigenvalue weighted by atomic mass is 10.1. The van der Waals surface area contributed by atoms with Crippen LogP contribution in [0.3, 0.4) is 0 Å². The highest BCUT2D eigenvalue weighted by Crippen LogP contribution is 2.18. The van der Waals surface area contributed by atoms with Gasteiger partial charge in [-0.25, -0.2) is 4.98 Å². The van der Waals surface area contributed by atoms with Crippen molar-refractivity contribution in [3.63, 3.8) is 0 Å². The normalized spacial score (nSPS) is 12.5. The second kappa shape index (κ2) is 4.50. The van der Waals surface area contributed by atoms with Crippen LogP contribution in [-0.4, -0.2) is 34.1 Å². The van der Waals surface area contributed by atoms with Crippen molar-refractivity contribution in [2.75, 3.05) is 19.0 Å². The van der Waals surface area contributed by atoms with Gasteiger partial charge in [0, 0.05) is 27.3 Å². The highest BCUT2D eigenvalue weighted by atomic mass is 15.4. The first-order valence-electron chi connectivity index (χ1n) is 5.33. The minimum Gasteiger partial charge on any atom is -0.363 e. The second-order valence-corrected chi connectivity index (χ2v) is 4.14. The fraction of sp³-hybridized carbons (Fsp3) is 0.364. The summed E-state index contributed by atoms with van der Waals surface area (Å²) in [5, 5.41) is 7.87. The van der Waals surface area contributed by atoms with Gasteiger partial charge < -0.3 is 10.6 Å². The van der Waals surface area contributed by atoms with E-state index in [0.29, 0.717) is 0 Å². The van der Waals surface area contributed by atoms with Gasteiger partial charge >= 0.3 is 0 Å². The average Bonchev–Trinajstić information content (AvgIpc) is 2.75. The molecule has 0 saturated heterocycles. The highest BCUT2D eigenvalue weighted by Gasteiger charge is 2.12. The Morgan fingerprint density at radius 3 is 2.59 bits per heavy atom. The molecule has 0 aliphatic carbocycles. The molecule has 2 aromatic rings. The molecular weight excluding hydrogens is 216 g/mol. The first-order valence-corrected chi connectivity index (χ1v) is 5.33. The van der Waals surface area contributed by atoms with E-state index in [1.807, 2.05) is 44.4 Å². The predicted octanol–water partition coefficient (Wildman–Crippen LogP) is 0.324. The minimum atomic E-state index is -0.285. The summed E-state index contributed by atoms with van der Waals surface area (Å²) in [7, 11) is 5.71. The molecule has 0 aliphatic heterocycles. The Kier molecular flexibility index (Phi) is 3.06. The third-order valence-corrected chi connectivity index (χ3v) is 2.53. The lowest BCUT2D eigenvalue weighted by Gasteiger charge is -2.13. The summed E-state index contributed by atoms with van der Waals surface area (Å²) < 4.78 is 1.64. The van der Waals surface area contributed by atoms with Gasteiger partial charge in [0.15, 0.2) is 0 Å². The van der Waals surface area contributed by atoms with Crippen molar-refractivity contribution in [3.8, 4) is 0 Å². The van der Waals surface area contributed by atoms with Crippen molar-refractivity contribution in [1.82, 2.24) is 20.0 Å². The van der Waals surface area contributed by atoms with Crippen LogP contribution in [0.1, 0.15) is 17.3 Å². The standard InChI is InChI=1S/C11H16N6/c1-16(2)10-5-4-8(6-13-10)11(12)9-7-17(3)15-14-9/h4-7,11H,12H2,1-3H3. The summed E-state index contributed by atoms with van der Waals surface area (Å²) in [5.74, 6) is 0.903. The topological polar surface area (TPSA) is 72.9 Å². The second-order valence-electron chi connectivity index (χ2n) is 4.14. The van der Waals surface area contributed by atoms with E-state index < -0.39 is 0 Å². The molecule has 1 atom stereocenters. The van der Waals surface area contributed by atoms with Crippen molar-refractivity contribution in [2.45, 2.75) is 6.04 Å². The molecule has 0 aromatic carbocycles. The van der Waals surface area contributed by atoms with Gasteiger partial charge in [-0.1, -0.05) is 11.3 Å². The molecule has 2 aromatic heterocycles. The van der Waals surface area contributed by atoms with Crippen LogP contribution in [0.25, 0.3) is 0 Å². The SMILES string of the molecule is CN(C)c1ccc(C(N)c2cn(C)nn2)cn1. The minimum absolute atomic E-state index is 0.285. The lowest BCUT2D eigenvalue weighted by Crippen LogP contribution is -2.14. The van der Waals surface area contributed by atoms with E-state index in [1.165, 1.54) is 0 Å². The number of nitrogens with two attached hydrogens (primary N) is 1. The van der Waals surface area contributed by atoms with Crippen molar-refractivity contribution in [2.24, 2.45) is 12.8 Å². The van der Waals surface area contributed by atoms with Crippen LogP contribution in [0.15, 0.2) is 24.5 Å².